The third kappa shape index (κ3) is 2.88. The number of hydrogen-bond donors (Lipinski definition) is 1. The third-order valence-corrected chi connectivity index (χ3v) is 3.83. The lowest BCUT2D eigenvalue weighted by atomic mass is 10.1. The lowest BCUT2D eigenvalue weighted by molar-refractivity contribution is 0.0365. The molecule has 7 nitrogen and oxygen atoms in total. The summed E-state index contributed by atoms with van der Waals surface area (Å²) >= 11 is 0. The van der Waals surface area contributed by atoms with Crippen molar-refractivity contribution in [1.29, 1.82) is 0 Å². The van der Waals surface area contributed by atoms with Gasteiger partial charge >= 0.3 is 0 Å². The van der Waals surface area contributed by atoms with Crippen molar-refractivity contribution in [3.63, 3.8) is 0 Å². The quantitative estimate of drug-likeness (QED) is 0.617. The molecule has 0 aromatic carbocycles. The number of halogens is 2. The fourth-order valence-corrected chi connectivity index (χ4v) is 2.59. The van der Waals surface area contributed by atoms with E-state index in [1.165, 1.54) is 0 Å². The SMILES string of the molecule is Cc1cnc2ncc(-c3ccn4nc(NCC(C)(F)F)ncc34)cn12. The maximum atomic E-state index is 12.9. The van der Waals surface area contributed by atoms with Gasteiger partial charge in [-0.05, 0) is 13.0 Å². The first kappa shape index (κ1) is 15.4. The Labute approximate surface area is 141 Å². The largest absolute Gasteiger partial charge is 0.347 e. The second-order valence-corrected chi connectivity index (χ2v) is 5.98. The van der Waals surface area contributed by atoms with Crippen molar-refractivity contribution in [1.82, 2.24) is 29.0 Å². The number of alkyl halides is 2. The van der Waals surface area contributed by atoms with E-state index < -0.39 is 12.5 Å². The van der Waals surface area contributed by atoms with E-state index in [1.54, 1.807) is 29.3 Å². The van der Waals surface area contributed by atoms with E-state index in [2.05, 4.69) is 25.4 Å². The first-order valence-electron chi connectivity index (χ1n) is 7.67. The number of imidazole rings is 1. The Morgan fingerprint density at radius 1 is 1.16 bits per heavy atom. The number of nitrogens with one attached hydrogen (secondary N) is 1. The monoisotopic (exact) mass is 343 g/mol. The highest BCUT2D eigenvalue weighted by Gasteiger charge is 2.21. The van der Waals surface area contributed by atoms with Gasteiger partial charge in [0, 0.05) is 42.3 Å². The molecule has 0 saturated carbocycles. The average Bonchev–Trinajstić information content (AvgIpc) is 3.15. The van der Waals surface area contributed by atoms with Crippen molar-refractivity contribution >= 4 is 17.2 Å². The van der Waals surface area contributed by atoms with Gasteiger partial charge in [-0.15, -0.1) is 5.10 Å². The highest BCUT2D eigenvalue weighted by Crippen LogP contribution is 2.25. The number of hydrogen-bond acceptors (Lipinski definition) is 5. The van der Waals surface area contributed by atoms with E-state index in [0.717, 1.165) is 29.3 Å². The van der Waals surface area contributed by atoms with Crippen molar-refractivity contribution in [2.45, 2.75) is 19.8 Å². The molecule has 0 spiro atoms. The molecule has 4 aromatic rings. The number of anilines is 1. The highest BCUT2D eigenvalue weighted by molar-refractivity contribution is 5.79. The van der Waals surface area contributed by atoms with Crippen LogP contribution in [0.3, 0.4) is 0 Å². The molecule has 0 amide bonds. The van der Waals surface area contributed by atoms with Crippen LogP contribution in [0.1, 0.15) is 12.6 Å². The predicted molar refractivity (Wildman–Crippen MR) is 88.8 cm³/mol. The van der Waals surface area contributed by atoms with E-state index >= 15 is 0 Å². The summed E-state index contributed by atoms with van der Waals surface area (Å²) in [6.45, 7) is 2.27. The molecule has 4 heterocycles. The minimum absolute atomic E-state index is 0.148. The average molecular weight is 343 g/mol. The van der Waals surface area contributed by atoms with Gasteiger partial charge in [0.2, 0.25) is 11.7 Å². The molecule has 0 bridgehead atoms. The molecule has 1 N–H and O–H groups in total. The van der Waals surface area contributed by atoms with Crippen molar-refractivity contribution in [2.75, 3.05) is 11.9 Å². The van der Waals surface area contributed by atoms with Gasteiger partial charge in [0.25, 0.3) is 5.92 Å². The normalized spacial score (nSPS) is 12.2. The summed E-state index contributed by atoms with van der Waals surface area (Å²) in [4.78, 5) is 12.7. The van der Waals surface area contributed by atoms with Crippen molar-refractivity contribution in [3.8, 4) is 11.1 Å². The topological polar surface area (TPSA) is 72.4 Å². The van der Waals surface area contributed by atoms with E-state index in [1.807, 2.05) is 23.6 Å². The molecule has 0 fully saturated rings. The maximum absolute atomic E-state index is 12.9. The summed E-state index contributed by atoms with van der Waals surface area (Å²) in [5, 5.41) is 6.75. The smallest absolute Gasteiger partial charge is 0.262 e. The van der Waals surface area contributed by atoms with Crippen LogP contribution in [0.25, 0.3) is 22.4 Å². The van der Waals surface area contributed by atoms with Gasteiger partial charge in [0.1, 0.15) is 0 Å². The molecule has 0 atom stereocenters. The molecule has 9 heteroatoms. The summed E-state index contributed by atoms with van der Waals surface area (Å²) in [6.07, 6.45) is 8.80. The standard InChI is InChI=1S/C16H15F2N7/c1-10-5-20-15-21-6-11(8-24(10)15)12-3-4-25-13(12)7-19-14(23-25)22-9-16(2,17)18/h3-8H,9H2,1-2H3,(H,22,23). The maximum Gasteiger partial charge on any atom is 0.262 e. The second kappa shape index (κ2) is 5.47. The number of fused-ring (bicyclic) bond motifs is 2. The molecule has 0 aliphatic rings. The Hall–Kier alpha value is -3.10. The Morgan fingerprint density at radius 3 is 2.76 bits per heavy atom. The van der Waals surface area contributed by atoms with E-state index in [9.17, 15) is 8.78 Å². The van der Waals surface area contributed by atoms with Crippen LogP contribution in [0.5, 0.6) is 0 Å². The summed E-state index contributed by atoms with van der Waals surface area (Å²) in [5.41, 5.74) is 3.53. The van der Waals surface area contributed by atoms with E-state index in [0.29, 0.717) is 5.78 Å². The molecule has 0 aliphatic carbocycles. The number of rotatable bonds is 4. The van der Waals surface area contributed by atoms with Gasteiger partial charge in [-0.2, -0.15) is 0 Å². The van der Waals surface area contributed by atoms with Gasteiger partial charge in [-0.3, -0.25) is 4.40 Å². The number of aromatic nitrogens is 6. The van der Waals surface area contributed by atoms with E-state index in [-0.39, 0.29) is 5.95 Å². The molecule has 0 saturated heterocycles. The van der Waals surface area contributed by atoms with Crippen LogP contribution in [-0.4, -0.2) is 41.4 Å². The summed E-state index contributed by atoms with van der Waals surface area (Å²) < 4.78 is 29.4. The predicted octanol–water partition coefficient (Wildman–Crippen LogP) is 2.81. The fourth-order valence-electron chi connectivity index (χ4n) is 2.59. The Kier molecular flexibility index (Phi) is 3.38. The minimum Gasteiger partial charge on any atom is -0.347 e. The van der Waals surface area contributed by atoms with Crippen molar-refractivity contribution < 1.29 is 8.78 Å². The lowest BCUT2D eigenvalue weighted by Gasteiger charge is -2.11. The molecule has 0 aliphatic heterocycles. The van der Waals surface area contributed by atoms with Crippen LogP contribution in [0.4, 0.5) is 14.7 Å². The van der Waals surface area contributed by atoms with Gasteiger partial charge in [-0.1, -0.05) is 0 Å². The van der Waals surface area contributed by atoms with Gasteiger partial charge in [0.05, 0.1) is 24.5 Å². The molecular weight excluding hydrogens is 328 g/mol. The molecule has 0 radical (unpaired) electrons. The molecule has 25 heavy (non-hydrogen) atoms. The first-order chi connectivity index (χ1) is 11.9. The third-order valence-electron chi connectivity index (χ3n) is 3.83. The van der Waals surface area contributed by atoms with Gasteiger partial charge < -0.3 is 5.32 Å². The van der Waals surface area contributed by atoms with Crippen LogP contribution in [-0.2, 0) is 0 Å². The Morgan fingerprint density at radius 2 is 1.96 bits per heavy atom. The molecule has 0 unspecified atom stereocenters. The molecule has 4 aromatic heterocycles. The van der Waals surface area contributed by atoms with Crippen molar-refractivity contribution in [2.24, 2.45) is 0 Å². The number of aryl methyl sites for hydroxylation is 1. The molecule has 4 rings (SSSR count). The second-order valence-electron chi connectivity index (χ2n) is 5.98. The zero-order chi connectivity index (χ0) is 17.6. The summed E-state index contributed by atoms with van der Waals surface area (Å²) in [7, 11) is 0. The van der Waals surface area contributed by atoms with Crippen LogP contribution >= 0.6 is 0 Å². The van der Waals surface area contributed by atoms with Crippen LogP contribution in [0.15, 0.2) is 37.1 Å². The highest BCUT2D eigenvalue weighted by atomic mass is 19.3. The van der Waals surface area contributed by atoms with Crippen LogP contribution < -0.4 is 5.32 Å². The zero-order valence-corrected chi connectivity index (χ0v) is 13.6. The summed E-state index contributed by atoms with van der Waals surface area (Å²) in [5.74, 6) is -2.05. The van der Waals surface area contributed by atoms with Crippen molar-refractivity contribution in [3.05, 3.63) is 42.7 Å². The molecular formula is C16H15F2N7. The Bertz CT molecular complexity index is 1060. The van der Waals surface area contributed by atoms with Gasteiger partial charge in [0.15, 0.2) is 0 Å². The molecule has 128 valence electrons. The van der Waals surface area contributed by atoms with Crippen LogP contribution in [0, 0.1) is 6.92 Å². The number of nitrogens with zero attached hydrogens (tertiary/aromatic N) is 6. The van der Waals surface area contributed by atoms with Gasteiger partial charge in [-0.25, -0.2) is 28.2 Å². The lowest BCUT2D eigenvalue weighted by Crippen LogP contribution is -2.24. The zero-order valence-electron chi connectivity index (χ0n) is 13.6. The summed E-state index contributed by atoms with van der Waals surface area (Å²) in [6, 6.07) is 1.89. The minimum atomic E-state index is -2.83. The van der Waals surface area contributed by atoms with Crippen LogP contribution in [0.2, 0.25) is 0 Å². The fraction of sp³-hybridized carbons (Fsp3) is 0.250. The first-order valence-corrected chi connectivity index (χ1v) is 7.67. The Balaban J connectivity index is 1.71. The van der Waals surface area contributed by atoms with E-state index in [4.69, 9.17) is 0 Å².